The lowest BCUT2D eigenvalue weighted by Crippen LogP contribution is -2.07. The summed E-state index contributed by atoms with van der Waals surface area (Å²) >= 11 is 0. The second-order valence-corrected chi connectivity index (χ2v) is 5.20. The highest BCUT2D eigenvalue weighted by atomic mass is 32.2. The van der Waals surface area contributed by atoms with E-state index < -0.39 is 10.8 Å². The van der Waals surface area contributed by atoms with Crippen molar-refractivity contribution < 1.29 is 4.21 Å². The van der Waals surface area contributed by atoms with Gasteiger partial charge in [0.05, 0.1) is 27.6 Å². The SMILES string of the molecule is Cn1nccc1CCS(=O)c1ccncc1N. The monoisotopic (exact) mass is 250 g/mol. The summed E-state index contributed by atoms with van der Waals surface area (Å²) < 4.78 is 13.8. The van der Waals surface area contributed by atoms with Gasteiger partial charge >= 0.3 is 0 Å². The molecule has 2 aromatic rings. The van der Waals surface area contributed by atoms with Crippen LogP contribution in [-0.4, -0.2) is 24.7 Å². The van der Waals surface area contributed by atoms with Gasteiger partial charge in [-0.2, -0.15) is 5.10 Å². The number of anilines is 1. The fourth-order valence-electron chi connectivity index (χ4n) is 1.56. The predicted molar refractivity (Wildman–Crippen MR) is 66.8 cm³/mol. The van der Waals surface area contributed by atoms with Crippen molar-refractivity contribution in [3.8, 4) is 0 Å². The molecule has 2 rings (SSSR count). The van der Waals surface area contributed by atoms with Crippen LogP contribution in [0.3, 0.4) is 0 Å². The molecule has 0 amide bonds. The maximum atomic E-state index is 12.0. The summed E-state index contributed by atoms with van der Waals surface area (Å²) in [6, 6.07) is 3.63. The molecule has 0 aliphatic heterocycles. The summed E-state index contributed by atoms with van der Waals surface area (Å²) in [5.41, 5.74) is 7.27. The average molecular weight is 250 g/mol. The first-order valence-corrected chi connectivity index (χ1v) is 6.55. The second-order valence-electron chi connectivity index (χ2n) is 3.66. The smallest absolute Gasteiger partial charge is 0.0664 e. The van der Waals surface area contributed by atoms with Crippen LogP contribution in [0.25, 0.3) is 0 Å². The van der Waals surface area contributed by atoms with Crippen LogP contribution in [-0.2, 0) is 24.3 Å². The van der Waals surface area contributed by atoms with Gasteiger partial charge in [0.25, 0.3) is 0 Å². The fourth-order valence-corrected chi connectivity index (χ4v) is 2.70. The molecule has 5 nitrogen and oxygen atoms in total. The molecule has 90 valence electrons. The van der Waals surface area contributed by atoms with Gasteiger partial charge in [-0.3, -0.25) is 13.9 Å². The number of aryl methyl sites for hydroxylation is 2. The quantitative estimate of drug-likeness (QED) is 0.869. The van der Waals surface area contributed by atoms with Crippen molar-refractivity contribution in [2.75, 3.05) is 11.5 Å². The number of rotatable bonds is 4. The molecule has 2 heterocycles. The highest BCUT2D eigenvalue weighted by molar-refractivity contribution is 7.85. The van der Waals surface area contributed by atoms with Crippen molar-refractivity contribution in [1.82, 2.24) is 14.8 Å². The minimum atomic E-state index is -1.09. The van der Waals surface area contributed by atoms with Crippen LogP contribution in [0, 0.1) is 0 Å². The molecular weight excluding hydrogens is 236 g/mol. The molecule has 0 radical (unpaired) electrons. The topological polar surface area (TPSA) is 73.8 Å². The van der Waals surface area contributed by atoms with E-state index in [1.807, 2.05) is 13.1 Å². The molecule has 17 heavy (non-hydrogen) atoms. The summed E-state index contributed by atoms with van der Waals surface area (Å²) in [5, 5.41) is 4.07. The van der Waals surface area contributed by atoms with E-state index >= 15 is 0 Å². The third-order valence-electron chi connectivity index (χ3n) is 2.52. The highest BCUT2D eigenvalue weighted by Crippen LogP contribution is 2.15. The van der Waals surface area contributed by atoms with Crippen molar-refractivity contribution in [1.29, 1.82) is 0 Å². The minimum absolute atomic E-state index is 0.482. The number of nitrogens with zero attached hydrogens (tertiary/aromatic N) is 3. The van der Waals surface area contributed by atoms with Crippen molar-refractivity contribution in [2.45, 2.75) is 11.3 Å². The molecule has 0 saturated heterocycles. The molecule has 1 atom stereocenters. The Kier molecular flexibility index (Phi) is 3.53. The van der Waals surface area contributed by atoms with Crippen molar-refractivity contribution in [3.63, 3.8) is 0 Å². The zero-order chi connectivity index (χ0) is 12.3. The molecule has 0 aliphatic carbocycles. The summed E-state index contributed by atoms with van der Waals surface area (Å²) in [4.78, 5) is 4.53. The first-order valence-electron chi connectivity index (χ1n) is 5.23. The van der Waals surface area contributed by atoms with Gasteiger partial charge in [0, 0.05) is 37.3 Å². The van der Waals surface area contributed by atoms with E-state index in [4.69, 9.17) is 5.73 Å². The molecule has 0 saturated carbocycles. The summed E-state index contributed by atoms with van der Waals surface area (Å²) in [6.07, 6.45) is 5.58. The number of hydrogen-bond donors (Lipinski definition) is 1. The van der Waals surface area contributed by atoms with Gasteiger partial charge in [0.1, 0.15) is 0 Å². The molecule has 6 heteroatoms. The van der Waals surface area contributed by atoms with E-state index in [-0.39, 0.29) is 0 Å². The second kappa shape index (κ2) is 5.09. The molecule has 0 bridgehead atoms. The predicted octanol–water partition coefficient (Wildman–Crippen LogP) is 0.748. The zero-order valence-corrected chi connectivity index (χ0v) is 10.4. The Morgan fingerprint density at radius 3 is 2.88 bits per heavy atom. The van der Waals surface area contributed by atoms with E-state index in [1.165, 1.54) is 6.20 Å². The average Bonchev–Trinajstić information content (AvgIpc) is 2.72. The standard InChI is InChI=1S/C11H14N4OS/c1-15-9(2-6-14-15)4-7-17(16)11-3-5-13-8-10(11)12/h2-3,5-6,8H,4,7,12H2,1H3. The van der Waals surface area contributed by atoms with E-state index in [9.17, 15) is 4.21 Å². The fraction of sp³-hybridized carbons (Fsp3) is 0.273. The Bertz CT molecular complexity index is 538. The summed E-state index contributed by atoms with van der Waals surface area (Å²) in [5.74, 6) is 0.535. The van der Waals surface area contributed by atoms with Crippen LogP contribution in [0.4, 0.5) is 5.69 Å². The van der Waals surface area contributed by atoms with Crippen molar-refractivity contribution >= 4 is 16.5 Å². The van der Waals surface area contributed by atoms with Crippen LogP contribution in [0.15, 0.2) is 35.6 Å². The van der Waals surface area contributed by atoms with Crippen LogP contribution >= 0.6 is 0 Å². The normalized spacial score (nSPS) is 12.5. The molecule has 2 N–H and O–H groups in total. The van der Waals surface area contributed by atoms with E-state index in [1.54, 1.807) is 23.1 Å². The molecule has 2 aromatic heterocycles. The van der Waals surface area contributed by atoms with E-state index in [2.05, 4.69) is 10.1 Å². The zero-order valence-electron chi connectivity index (χ0n) is 9.54. The van der Waals surface area contributed by atoms with E-state index in [0.29, 0.717) is 22.8 Å². The largest absolute Gasteiger partial charge is 0.396 e. The van der Waals surface area contributed by atoms with Gasteiger partial charge < -0.3 is 5.73 Å². The third-order valence-corrected chi connectivity index (χ3v) is 3.96. The lowest BCUT2D eigenvalue weighted by Gasteiger charge is -2.05. The molecular formula is C11H14N4OS. The molecule has 0 aliphatic rings. The van der Waals surface area contributed by atoms with Gasteiger partial charge in [-0.25, -0.2) is 0 Å². The molecule has 0 spiro atoms. The Labute approximate surface area is 102 Å². The van der Waals surface area contributed by atoms with Crippen molar-refractivity contribution in [3.05, 3.63) is 36.4 Å². The maximum absolute atomic E-state index is 12.0. The van der Waals surface area contributed by atoms with Gasteiger partial charge in [0.2, 0.25) is 0 Å². The summed E-state index contributed by atoms with van der Waals surface area (Å²) in [6.45, 7) is 0. The van der Waals surface area contributed by atoms with Gasteiger partial charge in [-0.05, 0) is 12.1 Å². The van der Waals surface area contributed by atoms with Crippen LogP contribution in [0.5, 0.6) is 0 Å². The third kappa shape index (κ3) is 2.71. The Hall–Kier alpha value is -1.69. The lowest BCUT2D eigenvalue weighted by atomic mass is 10.3. The van der Waals surface area contributed by atoms with E-state index in [0.717, 1.165) is 5.69 Å². The van der Waals surface area contributed by atoms with Crippen LogP contribution in [0.1, 0.15) is 5.69 Å². The molecule has 0 aromatic carbocycles. The van der Waals surface area contributed by atoms with Gasteiger partial charge in [-0.15, -0.1) is 0 Å². The number of nitrogens with two attached hydrogens (primary N) is 1. The molecule has 0 fully saturated rings. The Balaban J connectivity index is 2.04. The maximum Gasteiger partial charge on any atom is 0.0664 e. The number of pyridine rings is 1. The van der Waals surface area contributed by atoms with Crippen molar-refractivity contribution in [2.24, 2.45) is 7.05 Å². The molecule has 1 unspecified atom stereocenters. The van der Waals surface area contributed by atoms with Gasteiger partial charge in [-0.1, -0.05) is 0 Å². The Morgan fingerprint density at radius 2 is 2.24 bits per heavy atom. The van der Waals surface area contributed by atoms with Crippen LogP contribution in [0.2, 0.25) is 0 Å². The first-order chi connectivity index (χ1) is 8.18. The first kappa shape index (κ1) is 11.8. The van der Waals surface area contributed by atoms with Crippen LogP contribution < -0.4 is 5.73 Å². The number of aromatic nitrogens is 3. The number of nitrogen functional groups attached to an aromatic ring is 1. The number of hydrogen-bond acceptors (Lipinski definition) is 4. The minimum Gasteiger partial charge on any atom is -0.396 e. The highest BCUT2D eigenvalue weighted by Gasteiger charge is 2.09. The Morgan fingerprint density at radius 1 is 1.41 bits per heavy atom. The lowest BCUT2D eigenvalue weighted by molar-refractivity contribution is 0.678. The summed E-state index contributed by atoms with van der Waals surface area (Å²) in [7, 11) is 0.780. The van der Waals surface area contributed by atoms with Gasteiger partial charge in [0.15, 0.2) is 0 Å².